The summed E-state index contributed by atoms with van der Waals surface area (Å²) in [6.45, 7) is 0. The first-order valence-electron chi connectivity index (χ1n) is 1.32. The van der Waals surface area contributed by atoms with Crippen LogP contribution in [-0.2, 0) is 18.7 Å². The maximum Gasteiger partial charge on any atom is 0.150 e. The van der Waals surface area contributed by atoms with E-state index in [4.69, 9.17) is 0 Å². The Morgan fingerprint density at radius 2 is 1.67 bits per heavy atom. The second-order valence-corrected chi connectivity index (χ2v) is 6.45. The highest BCUT2D eigenvalue weighted by molar-refractivity contribution is 8.34. The lowest BCUT2D eigenvalue weighted by Gasteiger charge is -1.74. The number of hydrogen-bond acceptors (Lipinski definition) is 2. The molecule has 38 valence electrons. The van der Waals surface area contributed by atoms with E-state index in [2.05, 4.69) is 0 Å². The molecule has 0 aliphatic heterocycles. The van der Waals surface area contributed by atoms with Crippen molar-refractivity contribution in [3.05, 3.63) is 0 Å². The summed E-state index contributed by atoms with van der Waals surface area (Å²) >= 11 is 0. The second-order valence-electron chi connectivity index (χ2n) is 1.21. The molecule has 0 atom stereocenters. The average molecular weight is 126 g/mol. The minimum absolute atomic E-state index is 0.160. The topological polar surface area (TPSA) is 34.1 Å². The zero-order valence-corrected chi connectivity index (χ0v) is 5.27. The van der Waals surface area contributed by atoms with Crippen molar-refractivity contribution in [1.82, 2.24) is 0 Å². The van der Waals surface area contributed by atoms with Gasteiger partial charge in [-0.25, -0.2) is 4.21 Å². The maximum absolute atomic E-state index is 10.2. The van der Waals surface area contributed by atoms with E-state index in [0.29, 0.717) is 0 Å². The van der Waals surface area contributed by atoms with E-state index >= 15 is 0 Å². The molecule has 0 heterocycles. The minimum Gasteiger partial charge on any atom is -0.255 e. The molecule has 0 aromatic carbocycles. The molecule has 0 amide bonds. The number of hydrogen-bond donors (Lipinski definition) is 0. The van der Waals surface area contributed by atoms with Crippen molar-refractivity contribution in [2.45, 2.75) is 0 Å². The van der Waals surface area contributed by atoms with Crippen LogP contribution in [0.2, 0.25) is 0 Å². The first-order valence-corrected chi connectivity index (χ1v) is 4.95. The highest BCUT2D eigenvalue weighted by Gasteiger charge is 1.79. The normalized spacial score (nSPS) is 11.0. The van der Waals surface area contributed by atoms with Gasteiger partial charge in [0, 0.05) is 12.5 Å². The quantitative estimate of drug-likeness (QED) is 0.445. The third-order valence-electron chi connectivity index (χ3n) is 0.164. The molecule has 4 heteroatoms. The van der Waals surface area contributed by atoms with Gasteiger partial charge in [0.05, 0.1) is 8.49 Å². The fourth-order valence-corrected chi connectivity index (χ4v) is 0. The summed E-state index contributed by atoms with van der Waals surface area (Å²) in [5.41, 5.74) is 0. The largest absolute Gasteiger partial charge is 0.255 e. The SMILES string of the molecule is CS(C)(=O)=S=O. The Kier molecular flexibility index (Phi) is 1.80. The first-order chi connectivity index (χ1) is 2.56. The standard InChI is InChI=1S/C2H6O2S2/c1-6(2,4)5-3/h1-2H3. The lowest BCUT2D eigenvalue weighted by Crippen LogP contribution is -1.86. The molecule has 2 nitrogen and oxygen atoms in total. The smallest absolute Gasteiger partial charge is 0.150 e. The van der Waals surface area contributed by atoms with Gasteiger partial charge in [-0.3, -0.25) is 4.21 Å². The summed E-state index contributed by atoms with van der Waals surface area (Å²) in [5.74, 6) is 0. The van der Waals surface area contributed by atoms with Gasteiger partial charge in [0.1, 0.15) is 10.2 Å². The van der Waals surface area contributed by atoms with Crippen molar-refractivity contribution >= 4 is 18.7 Å². The molecule has 0 rings (SSSR count). The molecular weight excluding hydrogens is 120 g/mol. The Balaban J connectivity index is 4.75. The third kappa shape index (κ3) is 4.17. The summed E-state index contributed by atoms with van der Waals surface area (Å²) in [6.07, 6.45) is 2.84. The lowest BCUT2D eigenvalue weighted by molar-refractivity contribution is 0.683. The van der Waals surface area contributed by atoms with Gasteiger partial charge in [0.15, 0.2) is 0 Å². The highest BCUT2D eigenvalue weighted by Crippen LogP contribution is 1.67. The lowest BCUT2D eigenvalue weighted by atomic mass is 11.9. The van der Waals surface area contributed by atoms with Crippen LogP contribution in [-0.4, -0.2) is 20.9 Å². The van der Waals surface area contributed by atoms with E-state index < -0.39 is 8.49 Å². The molecule has 0 saturated carbocycles. The predicted octanol–water partition coefficient (Wildman–Crippen LogP) is -0.342. The summed E-state index contributed by atoms with van der Waals surface area (Å²) in [4.78, 5) is 0. The monoisotopic (exact) mass is 126 g/mol. The van der Waals surface area contributed by atoms with Gasteiger partial charge in [-0.2, -0.15) is 0 Å². The molecule has 0 aromatic heterocycles. The predicted molar refractivity (Wildman–Crippen MR) is 28.1 cm³/mol. The van der Waals surface area contributed by atoms with Crippen molar-refractivity contribution < 1.29 is 8.42 Å². The molecule has 0 radical (unpaired) electrons. The summed E-state index contributed by atoms with van der Waals surface area (Å²) in [5, 5.41) is 0. The molecule has 0 aliphatic rings. The highest BCUT2D eigenvalue weighted by atomic mass is 32.9. The van der Waals surface area contributed by atoms with Crippen LogP contribution in [0.15, 0.2) is 0 Å². The first kappa shape index (κ1) is 6.17. The molecule has 0 bridgehead atoms. The fraction of sp³-hybridized carbons (Fsp3) is 1.00. The van der Waals surface area contributed by atoms with E-state index in [-0.39, 0.29) is 10.2 Å². The number of rotatable bonds is 0. The summed E-state index contributed by atoms with van der Waals surface area (Å²) in [7, 11) is -1.89. The second kappa shape index (κ2) is 1.75. The van der Waals surface area contributed by atoms with Gasteiger partial charge >= 0.3 is 0 Å². The zero-order valence-electron chi connectivity index (χ0n) is 3.63. The molecule has 0 aromatic rings. The van der Waals surface area contributed by atoms with E-state index in [0.717, 1.165) is 0 Å². The van der Waals surface area contributed by atoms with E-state index in [1.165, 1.54) is 12.5 Å². The average Bonchev–Trinajstić information content (AvgIpc) is 1.35. The molecule has 0 saturated heterocycles. The summed E-state index contributed by atoms with van der Waals surface area (Å²) < 4.78 is 19.8. The van der Waals surface area contributed by atoms with Crippen LogP contribution in [0, 0.1) is 0 Å². The van der Waals surface area contributed by atoms with Crippen LogP contribution in [0.5, 0.6) is 0 Å². The van der Waals surface area contributed by atoms with Gasteiger partial charge in [-0.05, 0) is 0 Å². The van der Waals surface area contributed by atoms with E-state index in [1.54, 1.807) is 0 Å². The Labute approximate surface area is 40.3 Å². The van der Waals surface area contributed by atoms with Crippen molar-refractivity contribution in [1.29, 1.82) is 0 Å². The van der Waals surface area contributed by atoms with Gasteiger partial charge in [0.2, 0.25) is 0 Å². The Hall–Kier alpha value is 0.170. The fourth-order valence-electron chi connectivity index (χ4n) is 0. The van der Waals surface area contributed by atoms with Gasteiger partial charge in [-0.15, -0.1) is 0 Å². The van der Waals surface area contributed by atoms with Crippen molar-refractivity contribution in [2.24, 2.45) is 0 Å². The molecular formula is C2H6O2S2. The van der Waals surface area contributed by atoms with E-state index in [1.807, 2.05) is 0 Å². The van der Waals surface area contributed by atoms with Crippen molar-refractivity contribution in [3.8, 4) is 0 Å². The van der Waals surface area contributed by atoms with Gasteiger partial charge in [0.25, 0.3) is 0 Å². The molecule has 0 fully saturated rings. The van der Waals surface area contributed by atoms with Crippen LogP contribution in [0.25, 0.3) is 0 Å². The van der Waals surface area contributed by atoms with Crippen LogP contribution < -0.4 is 0 Å². The Morgan fingerprint density at radius 3 is 1.67 bits per heavy atom. The zero-order chi connectivity index (χ0) is 5.21. The summed E-state index contributed by atoms with van der Waals surface area (Å²) in [6, 6.07) is 0. The van der Waals surface area contributed by atoms with Crippen molar-refractivity contribution in [3.63, 3.8) is 0 Å². The third-order valence-corrected chi connectivity index (χ3v) is 1.47. The molecule has 0 N–H and O–H groups in total. The maximum atomic E-state index is 10.2. The Bertz CT molecular complexity index is 150. The minimum atomic E-state index is -2.05. The molecule has 6 heavy (non-hydrogen) atoms. The van der Waals surface area contributed by atoms with Crippen LogP contribution in [0.4, 0.5) is 0 Å². The van der Waals surface area contributed by atoms with Crippen molar-refractivity contribution in [2.75, 3.05) is 12.5 Å². The van der Waals surface area contributed by atoms with Gasteiger partial charge < -0.3 is 0 Å². The molecule has 0 unspecified atom stereocenters. The van der Waals surface area contributed by atoms with Crippen LogP contribution in [0.3, 0.4) is 0 Å². The van der Waals surface area contributed by atoms with Crippen LogP contribution in [0.1, 0.15) is 0 Å². The molecule has 0 aliphatic carbocycles. The van der Waals surface area contributed by atoms with Gasteiger partial charge in [-0.1, -0.05) is 0 Å². The Morgan fingerprint density at radius 1 is 1.50 bits per heavy atom. The molecule has 0 spiro atoms. The van der Waals surface area contributed by atoms with Crippen LogP contribution >= 0.6 is 0 Å². The van der Waals surface area contributed by atoms with E-state index in [9.17, 15) is 8.42 Å².